The summed E-state index contributed by atoms with van der Waals surface area (Å²) in [4.78, 5) is 15.6. The Morgan fingerprint density at radius 3 is 2.69 bits per heavy atom. The van der Waals surface area contributed by atoms with Gasteiger partial charge in [0.1, 0.15) is 0 Å². The van der Waals surface area contributed by atoms with E-state index in [0.717, 1.165) is 16.5 Å². The van der Waals surface area contributed by atoms with Crippen LogP contribution in [0.4, 0.5) is 0 Å². The average molecular weight is 215 g/mol. The van der Waals surface area contributed by atoms with Gasteiger partial charge in [-0.3, -0.25) is 4.98 Å². The number of carboxylic acid groups (broad SMARTS) is 1. The summed E-state index contributed by atoms with van der Waals surface area (Å²) in [6, 6.07) is 7.62. The van der Waals surface area contributed by atoms with Gasteiger partial charge in [0.15, 0.2) is 0 Å². The lowest BCUT2D eigenvalue weighted by Gasteiger charge is -2.09. The highest BCUT2D eigenvalue weighted by molar-refractivity contribution is 5.97. The Labute approximate surface area is 93.7 Å². The van der Waals surface area contributed by atoms with Crippen LogP contribution in [0.1, 0.15) is 28.5 Å². The highest BCUT2D eigenvalue weighted by Gasteiger charge is 2.16. The van der Waals surface area contributed by atoms with Gasteiger partial charge in [-0.2, -0.15) is 0 Å². The molecule has 0 amide bonds. The van der Waals surface area contributed by atoms with Crippen LogP contribution in [0.2, 0.25) is 0 Å². The van der Waals surface area contributed by atoms with Crippen molar-refractivity contribution in [1.82, 2.24) is 4.98 Å². The number of carboxylic acids is 1. The molecule has 0 unspecified atom stereocenters. The minimum atomic E-state index is -0.896. The fourth-order valence-electron chi connectivity index (χ4n) is 1.98. The fraction of sp³-hybridized carbons (Fsp3) is 0.231. The van der Waals surface area contributed by atoms with Gasteiger partial charge in [0.25, 0.3) is 0 Å². The summed E-state index contributed by atoms with van der Waals surface area (Å²) in [6.07, 6.45) is 0.632. The minimum absolute atomic E-state index is 0.348. The molecule has 0 saturated heterocycles. The number of pyridine rings is 1. The molecule has 1 aromatic carbocycles. The number of hydrogen-bond donors (Lipinski definition) is 1. The Hall–Kier alpha value is -1.90. The molecule has 1 N–H and O–H groups in total. The lowest BCUT2D eigenvalue weighted by molar-refractivity contribution is 0.0694. The van der Waals surface area contributed by atoms with Crippen molar-refractivity contribution in [3.63, 3.8) is 0 Å². The summed E-state index contributed by atoms with van der Waals surface area (Å²) in [7, 11) is 0. The zero-order valence-corrected chi connectivity index (χ0v) is 9.32. The molecule has 0 radical (unpaired) electrons. The number of aromatic carboxylic acids is 1. The van der Waals surface area contributed by atoms with Crippen molar-refractivity contribution in [2.75, 3.05) is 0 Å². The minimum Gasteiger partial charge on any atom is -0.478 e. The van der Waals surface area contributed by atoms with Crippen LogP contribution >= 0.6 is 0 Å². The van der Waals surface area contributed by atoms with Crippen LogP contribution in [0, 0.1) is 6.92 Å². The summed E-state index contributed by atoms with van der Waals surface area (Å²) in [6.45, 7) is 3.76. The third-order valence-corrected chi connectivity index (χ3v) is 2.78. The molecule has 82 valence electrons. The van der Waals surface area contributed by atoms with Crippen molar-refractivity contribution in [2.45, 2.75) is 20.3 Å². The average Bonchev–Trinajstić information content (AvgIpc) is 2.28. The van der Waals surface area contributed by atoms with Gasteiger partial charge in [-0.1, -0.05) is 25.1 Å². The molecule has 0 aliphatic carbocycles. The summed E-state index contributed by atoms with van der Waals surface area (Å²) in [5, 5.41) is 10.1. The number of aromatic nitrogens is 1. The van der Waals surface area contributed by atoms with Crippen molar-refractivity contribution >= 4 is 16.9 Å². The first-order chi connectivity index (χ1) is 7.65. The number of hydrogen-bond acceptors (Lipinski definition) is 2. The molecule has 1 aromatic heterocycles. The number of aryl methyl sites for hydroxylation is 2. The molecule has 0 aliphatic heterocycles. The molecule has 2 aromatic rings. The zero-order valence-electron chi connectivity index (χ0n) is 9.32. The predicted molar refractivity (Wildman–Crippen MR) is 62.8 cm³/mol. The van der Waals surface area contributed by atoms with Crippen molar-refractivity contribution in [2.24, 2.45) is 0 Å². The normalized spacial score (nSPS) is 10.6. The molecular formula is C13H13NO2. The van der Waals surface area contributed by atoms with E-state index in [-0.39, 0.29) is 0 Å². The van der Waals surface area contributed by atoms with Gasteiger partial charge in [-0.05, 0) is 25.0 Å². The number of para-hydroxylation sites is 1. The molecule has 0 fully saturated rings. The SMILES string of the molecule is CCc1nc2ccccc2c(C)c1C(=O)O. The fourth-order valence-corrected chi connectivity index (χ4v) is 1.98. The molecule has 0 saturated carbocycles. The number of carbonyl (C=O) groups is 1. The van der Waals surface area contributed by atoms with E-state index in [2.05, 4.69) is 4.98 Å². The van der Waals surface area contributed by atoms with E-state index in [9.17, 15) is 9.90 Å². The van der Waals surface area contributed by atoms with Crippen molar-refractivity contribution in [3.05, 3.63) is 41.1 Å². The van der Waals surface area contributed by atoms with E-state index in [4.69, 9.17) is 0 Å². The number of nitrogens with zero attached hydrogens (tertiary/aromatic N) is 1. The van der Waals surface area contributed by atoms with Gasteiger partial charge in [0, 0.05) is 5.39 Å². The van der Waals surface area contributed by atoms with E-state index in [1.165, 1.54) is 0 Å². The lowest BCUT2D eigenvalue weighted by Crippen LogP contribution is -2.07. The van der Waals surface area contributed by atoms with Crippen LogP contribution in [0.15, 0.2) is 24.3 Å². The Kier molecular flexibility index (Phi) is 2.60. The quantitative estimate of drug-likeness (QED) is 0.838. The maximum absolute atomic E-state index is 11.2. The Morgan fingerprint density at radius 2 is 2.06 bits per heavy atom. The van der Waals surface area contributed by atoms with Gasteiger partial charge in [-0.15, -0.1) is 0 Å². The van der Waals surface area contributed by atoms with E-state index >= 15 is 0 Å². The monoisotopic (exact) mass is 215 g/mol. The number of fused-ring (bicyclic) bond motifs is 1. The largest absolute Gasteiger partial charge is 0.478 e. The third-order valence-electron chi connectivity index (χ3n) is 2.78. The van der Waals surface area contributed by atoms with E-state index in [1.807, 2.05) is 38.1 Å². The molecule has 0 spiro atoms. The molecule has 0 bridgehead atoms. The Morgan fingerprint density at radius 1 is 1.38 bits per heavy atom. The van der Waals surface area contributed by atoms with Crippen LogP contribution in [-0.2, 0) is 6.42 Å². The van der Waals surface area contributed by atoms with Crippen LogP contribution in [0.3, 0.4) is 0 Å². The zero-order chi connectivity index (χ0) is 11.7. The van der Waals surface area contributed by atoms with E-state index in [1.54, 1.807) is 0 Å². The molecule has 3 heteroatoms. The first kappa shape index (κ1) is 10.6. The first-order valence-corrected chi connectivity index (χ1v) is 5.26. The van der Waals surface area contributed by atoms with E-state index in [0.29, 0.717) is 17.7 Å². The second-order valence-electron chi connectivity index (χ2n) is 3.73. The van der Waals surface area contributed by atoms with Gasteiger partial charge in [-0.25, -0.2) is 4.79 Å². The predicted octanol–water partition coefficient (Wildman–Crippen LogP) is 2.80. The Balaban J connectivity index is 2.87. The molecule has 16 heavy (non-hydrogen) atoms. The van der Waals surface area contributed by atoms with Crippen molar-refractivity contribution < 1.29 is 9.90 Å². The van der Waals surface area contributed by atoms with Gasteiger partial charge in [0.05, 0.1) is 16.8 Å². The highest BCUT2D eigenvalue weighted by Crippen LogP contribution is 2.23. The van der Waals surface area contributed by atoms with Gasteiger partial charge in [0.2, 0.25) is 0 Å². The third kappa shape index (κ3) is 1.54. The van der Waals surface area contributed by atoms with E-state index < -0.39 is 5.97 Å². The summed E-state index contributed by atoms with van der Waals surface area (Å²) in [5.41, 5.74) is 2.67. The van der Waals surface area contributed by atoms with Crippen LogP contribution in [0.25, 0.3) is 10.9 Å². The van der Waals surface area contributed by atoms with Crippen LogP contribution in [-0.4, -0.2) is 16.1 Å². The maximum Gasteiger partial charge on any atom is 0.337 e. The van der Waals surface area contributed by atoms with Crippen LogP contribution in [0.5, 0.6) is 0 Å². The van der Waals surface area contributed by atoms with Crippen molar-refractivity contribution in [3.8, 4) is 0 Å². The highest BCUT2D eigenvalue weighted by atomic mass is 16.4. The molecule has 2 rings (SSSR count). The summed E-state index contributed by atoms with van der Waals surface area (Å²) in [5.74, 6) is -0.896. The Bertz CT molecular complexity index is 561. The van der Waals surface area contributed by atoms with Gasteiger partial charge < -0.3 is 5.11 Å². The topological polar surface area (TPSA) is 50.2 Å². The standard InChI is InChI=1S/C13H13NO2/c1-3-10-12(13(15)16)8(2)9-6-4-5-7-11(9)14-10/h4-7H,3H2,1-2H3,(H,15,16). The molecular weight excluding hydrogens is 202 g/mol. The van der Waals surface area contributed by atoms with Crippen molar-refractivity contribution in [1.29, 1.82) is 0 Å². The molecule has 1 heterocycles. The summed E-state index contributed by atoms with van der Waals surface area (Å²) >= 11 is 0. The first-order valence-electron chi connectivity index (χ1n) is 5.26. The second kappa shape index (κ2) is 3.93. The van der Waals surface area contributed by atoms with Crippen LogP contribution < -0.4 is 0 Å². The maximum atomic E-state index is 11.2. The second-order valence-corrected chi connectivity index (χ2v) is 3.73. The molecule has 0 atom stereocenters. The lowest BCUT2D eigenvalue weighted by atomic mass is 10.0. The molecule has 0 aliphatic rings. The van der Waals surface area contributed by atoms with Gasteiger partial charge >= 0.3 is 5.97 Å². The number of rotatable bonds is 2. The summed E-state index contributed by atoms with van der Waals surface area (Å²) < 4.78 is 0. The molecule has 3 nitrogen and oxygen atoms in total. The smallest absolute Gasteiger partial charge is 0.337 e. The number of benzene rings is 1.